The molecule has 0 spiro atoms. The normalized spacial score (nSPS) is 19.4. The van der Waals surface area contributed by atoms with Crippen molar-refractivity contribution in [2.75, 3.05) is 11.9 Å². The van der Waals surface area contributed by atoms with Gasteiger partial charge in [0.15, 0.2) is 5.13 Å². The number of aromatic nitrogens is 1. The van der Waals surface area contributed by atoms with Crippen LogP contribution in [-0.4, -0.2) is 36.2 Å². The molecule has 3 rings (SSSR count). The van der Waals surface area contributed by atoms with E-state index in [1.165, 1.54) is 21.7 Å². The zero-order valence-electron chi connectivity index (χ0n) is 11.9. The number of hydrogen-bond acceptors (Lipinski definition) is 6. The Kier molecular flexibility index (Phi) is 4.02. The number of sulfonamides is 1. The fraction of sp³-hybridized carbons (Fsp3) is 0.385. The summed E-state index contributed by atoms with van der Waals surface area (Å²) in [5.74, 6) is 0.154. The first-order chi connectivity index (χ1) is 10.5. The van der Waals surface area contributed by atoms with Gasteiger partial charge in [0.1, 0.15) is 11.8 Å². The third-order valence-electron chi connectivity index (χ3n) is 3.45. The summed E-state index contributed by atoms with van der Waals surface area (Å²) in [7, 11) is -3.80. The number of thiazole rings is 1. The van der Waals surface area contributed by atoms with Gasteiger partial charge in [-0.15, -0.1) is 11.3 Å². The van der Waals surface area contributed by atoms with Crippen molar-refractivity contribution in [3.63, 3.8) is 0 Å². The van der Waals surface area contributed by atoms with Gasteiger partial charge in [-0.25, -0.2) is 13.4 Å². The lowest BCUT2D eigenvalue weighted by molar-refractivity contribution is -0.119. The monoisotopic (exact) mass is 341 g/mol. The van der Waals surface area contributed by atoms with E-state index in [0.29, 0.717) is 30.3 Å². The number of carbonyl (C=O) groups excluding carboxylic acids is 1. The summed E-state index contributed by atoms with van der Waals surface area (Å²) >= 11 is 1.29. The minimum absolute atomic E-state index is 0.126. The van der Waals surface area contributed by atoms with Crippen LogP contribution >= 0.6 is 11.3 Å². The number of amides is 1. The summed E-state index contributed by atoms with van der Waals surface area (Å²) in [5.41, 5.74) is 0. The molecule has 1 unspecified atom stereocenters. The molecule has 2 aromatic heterocycles. The van der Waals surface area contributed by atoms with E-state index in [1.807, 2.05) is 0 Å². The standard InChI is InChI=1S/C13H15N3O4S2/c1-9-4-5-11(20-9)22(18,19)16-7-2-3-10(16)12(17)15-13-14-6-8-21-13/h4-6,8,10H,2-3,7H2,1H3,(H,14,15,17). The maximum atomic E-state index is 12.6. The van der Waals surface area contributed by atoms with Gasteiger partial charge in [0, 0.05) is 18.1 Å². The Morgan fingerprint density at radius 3 is 2.95 bits per heavy atom. The lowest BCUT2D eigenvalue weighted by Crippen LogP contribution is -2.43. The molecule has 0 bridgehead atoms. The maximum absolute atomic E-state index is 12.6. The number of rotatable bonds is 4. The molecule has 9 heteroatoms. The fourth-order valence-electron chi connectivity index (χ4n) is 2.43. The zero-order chi connectivity index (χ0) is 15.7. The summed E-state index contributed by atoms with van der Waals surface area (Å²) in [6.45, 7) is 1.98. The first-order valence-corrected chi connectivity index (χ1v) is 9.09. The van der Waals surface area contributed by atoms with Gasteiger partial charge in [-0.05, 0) is 31.9 Å². The van der Waals surface area contributed by atoms with Crippen LogP contribution in [0.3, 0.4) is 0 Å². The van der Waals surface area contributed by atoms with Crippen LogP contribution in [-0.2, 0) is 14.8 Å². The summed E-state index contributed by atoms with van der Waals surface area (Å²) in [4.78, 5) is 16.3. The Bertz CT molecular complexity index is 767. The molecule has 0 radical (unpaired) electrons. The SMILES string of the molecule is Cc1ccc(S(=O)(=O)N2CCCC2C(=O)Nc2nccs2)o1. The molecular weight excluding hydrogens is 326 g/mol. The first-order valence-electron chi connectivity index (χ1n) is 6.77. The minimum atomic E-state index is -3.80. The third kappa shape index (κ3) is 2.79. The average molecular weight is 341 g/mol. The van der Waals surface area contributed by atoms with Crippen molar-refractivity contribution < 1.29 is 17.6 Å². The molecule has 0 aromatic carbocycles. The van der Waals surface area contributed by atoms with Crippen molar-refractivity contribution >= 4 is 32.4 Å². The largest absolute Gasteiger partial charge is 0.449 e. The van der Waals surface area contributed by atoms with Crippen molar-refractivity contribution in [3.05, 3.63) is 29.5 Å². The van der Waals surface area contributed by atoms with Gasteiger partial charge in [0.25, 0.3) is 10.0 Å². The molecule has 1 atom stereocenters. The van der Waals surface area contributed by atoms with Crippen LogP contribution in [0.5, 0.6) is 0 Å². The number of aryl methyl sites for hydroxylation is 1. The lowest BCUT2D eigenvalue weighted by Gasteiger charge is -2.21. The first kappa shape index (κ1) is 15.2. The van der Waals surface area contributed by atoms with E-state index >= 15 is 0 Å². The Morgan fingerprint density at radius 2 is 2.32 bits per heavy atom. The summed E-state index contributed by atoms with van der Waals surface area (Å²) < 4.78 is 31.6. The second-order valence-electron chi connectivity index (χ2n) is 4.97. The van der Waals surface area contributed by atoms with Crippen LogP contribution in [0.15, 0.2) is 33.2 Å². The molecule has 1 fully saturated rings. The van der Waals surface area contributed by atoms with Crippen molar-refractivity contribution in [3.8, 4) is 0 Å². The van der Waals surface area contributed by atoms with Crippen molar-refractivity contribution in [1.29, 1.82) is 0 Å². The second-order valence-corrected chi connectivity index (χ2v) is 7.68. The van der Waals surface area contributed by atoms with Crippen LogP contribution in [0.25, 0.3) is 0 Å². The van der Waals surface area contributed by atoms with E-state index in [2.05, 4.69) is 10.3 Å². The maximum Gasteiger partial charge on any atom is 0.277 e. The van der Waals surface area contributed by atoms with Gasteiger partial charge in [0.05, 0.1) is 0 Å². The van der Waals surface area contributed by atoms with Crippen molar-refractivity contribution in [2.24, 2.45) is 0 Å². The molecule has 1 aliphatic rings. The van der Waals surface area contributed by atoms with E-state index in [0.717, 1.165) is 0 Å². The summed E-state index contributed by atoms with van der Waals surface area (Å²) in [6, 6.07) is 2.27. The molecule has 1 N–H and O–H groups in total. The van der Waals surface area contributed by atoms with Crippen molar-refractivity contribution in [1.82, 2.24) is 9.29 Å². The van der Waals surface area contributed by atoms with Gasteiger partial charge in [0.2, 0.25) is 11.0 Å². The second kappa shape index (κ2) is 5.82. The molecule has 0 saturated carbocycles. The number of nitrogens with one attached hydrogen (secondary N) is 1. The molecule has 1 amide bonds. The van der Waals surface area contributed by atoms with E-state index < -0.39 is 16.1 Å². The molecule has 22 heavy (non-hydrogen) atoms. The van der Waals surface area contributed by atoms with Crippen LogP contribution in [0.2, 0.25) is 0 Å². The third-order valence-corrected chi connectivity index (χ3v) is 5.92. The Morgan fingerprint density at radius 1 is 1.50 bits per heavy atom. The molecular formula is C13H15N3O4S2. The number of nitrogens with zero attached hydrogens (tertiary/aromatic N) is 2. The Labute approximate surface area is 132 Å². The predicted octanol–water partition coefficient (Wildman–Crippen LogP) is 1.84. The summed E-state index contributed by atoms with van der Waals surface area (Å²) in [6.07, 6.45) is 2.69. The van der Waals surface area contributed by atoms with Gasteiger partial charge in [-0.2, -0.15) is 4.31 Å². The number of anilines is 1. The quantitative estimate of drug-likeness (QED) is 0.916. The minimum Gasteiger partial charge on any atom is -0.449 e. The molecule has 7 nitrogen and oxygen atoms in total. The van der Waals surface area contributed by atoms with Crippen LogP contribution < -0.4 is 5.32 Å². The zero-order valence-corrected chi connectivity index (χ0v) is 13.5. The highest BCUT2D eigenvalue weighted by Gasteiger charge is 2.41. The number of carbonyl (C=O) groups is 1. The van der Waals surface area contributed by atoms with Crippen molar-refractivity contribution in [2.45, 2.75) is 30.9 Å². The highest BCUT2D eigenvalue weighted by Crippen LogP contribution is 2.28. The van der Waals surface area contributed by atoms with E-state index in [-0.39, 0.29) is 11.0 Å². The smallest absolute Gasteiger partial charge is 0.277 e. The molecule has 1 saturated heterocycles. The molecule has 3 heterocycles. The Balaban J connectivity index is 1.82. The van der Waals surface area contributed by atoms with Crippen LogP contribution in [0.1, 0.15) is 18.6 Å². The number of hydrogen-bond donors (Lipinski definition) is 1. The topological polar surface area (TPSA) is 92.5 Å². The van der Waals surface area contributed by atoms with Gasteiger partial charge in [-0.1, -0.05) is 0 Å². The van der Waals surface area contributed by atoms with Gasteiger partial charge in [-0.3, -0.25) is 4.79 Å². The van der Waals surface area contributed by atoms with Crippen LogP contribution in [0, 0.1) is 6.92 Å². The lowest BCUT2D eigenvalue weighted by atomic mass is 10.2. The molecule has 2 aromatic rings. The van der Waals surface area contributed by atoms with E-state index in [4.69, 9.17) is 4.42 Å². The van der Waals surface area contributed by atoms with Gasteiger partial charge >= 0.3 is 0 Å². The van der Waals surface area contributed by atoms with Gasteiger partial charge < -0.3 is 9.73 Å². The highest BCUT2D eigenvalue weighted by atomic mass is 32.2. The predicted molar refractivity (Wildman–Crippen MR) is 81.1 cm³/mol. The summed E-state index contributed by atoms with van der Waals surface area (Å²) in [5, 5.41) is 4.73. The fourth-order valence-corrected chi connectivity index (χ4v) is 4.58. The molecule has 0 aliphatic carbocycles. The molecule has 118 valence electrons. The van der Waals surface area contributed by atoms with Crippen LogP contribution in [0.4, 0.5) is 5.13 Å². The van der Waals surface area contributed by atoms with E-state index in [9.17, 15) is 13.2 Å². The average Bonchev–Trinajstić information content (AvgIpc) is 3.18. The highest BCUT2D eigenvalue weighted by molar-refractivity contribution is 7.89. The number of furan rings is 1. The van der Waals surface area contributed by atoms with E-state index in [1.54, 1.807) is 24.6 Å². The Hall–Kier alpha value is -1.71. The molecule has 1 aliphatic heterocycles.